The van der Waals surface area contributed by atoms with Crippen LogP contribution in [0.2, 0.25) is 0 Å². The van der Waals surface area contributed by atoms with E-state index in [-0.39, 0.29) is 23.7 Å². The van der Waals surface area contributed by atoms with E-state index in [1.54, 1.807) is 0 Å². The van der Waals surface area contributed by atoms with Crippen molar-refractivity contribution in [2.24, 2.45) is 17.8 Å². The summed E-state index contributed by atoms with van der Waals surface area (Å²) in [5.74, 6) is 0.531. The van der Waals surface area contributed by atoms with Crippen LogP contribution in [0.1, 0.15) is 19.8 Å². The quantitative estimate of drug-likeness (QED) is 0.509. The molecule has 0 radical (unpaired) electrons. The van der Waals surface area contributed by atoms with Crippen LogP contribution in [0.5, 0.6) is 0 Å². The Labute approximate surface area is 65.2 Å². The summed E-state index contributed by atoms with van der Waals surface area (Å²) >= 11 is 0. The number of hydrogen-bond donors (Lipinski definition) is 1. The Morgan fingerprint density at radius 3 is 2.73 bits per heavy atom. The molecule has 2 rings (SSSR count). The summed E-state index contributed by atoms with van der Waals surface area (Å²) in [5, 5.41) is 2.41. The molecule has 1 saturated carbocycles. The Kier molecular flexibility index (Phi) is 1.28. The molecule has 2 aliphatic rings. The van der Waals surface area contributed by atoms with E-state index in [1.165, 1.54) is 0 Å². The largest absolute Gasteiger partial charge is 0.296 e. The first-order valence-corrected chi connectivity index (χ1v) is 4.03. The van der Waals surface area contributed by atoms with Gasteiger partial charge < -0.3 is 0 Å². The van der Waals surface area contributed by atoms with Gasteiger partial charge in [0.2, 0.25) is 11.8 Å². The van der Waals surface area contributed by atoms with Gasteiger partial charge in [-0.25, -0.2) is 0 Å². The van der Waals surface area contributed by atoms with Crippen LogP contribution in [-0.2, 0) is 9.59 Å². The fourth-order valence-corrected chi connectivity index (χ4v) is 1.73. The van der Waals surface area contributed by atoms with E-state index in [2.05, 4.69) is 5.32 Å². The van der Waals surface area contributed by atoms with E-state index in [4.69, 9.17) is 0 Å². The van der Waals surface area contributed by atoms with Gasteiger partial charge in [-0.2, -0.15) is 0 Å². The van der Waals surface area contributed by atoms with Crippen LogP contribution in [0, 0.1) is 17.8 Å². The molecule has 3 nitrogen and oxygen atoms in total. The smallest absolute Gasteiger partial charge is 0.229 e. The van der Waals surface area contributed by atoms with Crippen molar-refractivity contribution < 1.29 is 9.59 Å². The van der Waals surface area contributed by atoms with Crippen molar-refractivity contribution in [3.8, 4) is 0 Å². The molecule has 1 aliphatic heterocycles. The van der Waals surface area contributed by atoms with Gasteiger partial charge in [-0.1, -0.05) is 6.92 Å². The molecule has 60 valence electrons. The number of nitrogens with one attached hydrogen (secondary N) is 1. The fraction of sp³-hybridized carbons (Fsp3) is 0.750. The zero-order chi connectivity index (χ0) is 8.01. The van der Waals surface area contributed by atoms with E-state index in [1.807, 2.05) is 6.92 Å². The maximum atomic E-state index is 11.1. The number of fused-ring (bicyclic) bond motifs is 1. The second-order valence-corrected chi connectivity index (χ2v) is 3.59. The summed E-state index contributed by atoms with van der Waals surface area (Å²) in [6.07, 6.45) is 1.88. The lowest BCUT2D eigenvalue weighted by Gasteiger charge is -2.05. The molecule has 3 heteroatoms. The third-order valence-electron chi connectivity index (χ3n) is 2.61. The normalized spacial score (nSPS) is 42.5. The SMILES string of the molecule is CC1CC2CC2C(=O)NC1=O. The second kappa shape index (κ2) is 2.06. The topological polar surface area (TPSA) is 46.2 Å². The van der Waals surface area contributed by atoms with Crippen molar-refractivity contribution >= 4 is 11.8 Å². The van der Waals surface area contributed by atoms with E-state index in [0.29, 0.717) is 5.92 Å². The van der Waals surface area contributed by atoms with Gasteiger partial charge in [0, 0.05) is 11.8 Å². The van der Waals surface area contributed by atoms with Crippen molar-refractivity contribution in [3.05, 3.63) is 0 Å². The third kappa shape index (κ3) is 1.04. The molecule has 0 bridgehead atoms. The lowest BCUT2D eigenvalue weighted by Crippen LogP contribution is -2.33. The molecular formula is C8H11NO2. The summed E-state index contributed by atoms with van der Waals surface area (Å²) in [4.78, 5) is 22.1. The van der Waals surface area contributed by atoms with Gasteiger partial charge in [-0.3, -0.25) is 14.9 Å². The molecular weight excluding hydrogens is 142 g/mol. The van der Waals surface area contributed by atoms with Crippen LogP contribution >= 0.6 is 0 Å². The van der Waals surface area contributed by atoms with Gasteiger partial charge in [0.25, 0.3) is 0 Å². The van der Waals surface area contributed by atoms with Crippen LogP contribution < -0.4 is 5.32 Å². The molecule has 11 heavy (non-hydrogen) atoms. The third-order valence-corrected chi connectivity index (χ3v) is 2.61. The van der Waals surface area contributed by atoms with Crippen molar-refractivity contribution in [3.63, 3.8) is 0 Å². The van der Waals surface area contributed by atoms with Gasteiger partial charge in [-0.15, -0.1) is 0 Å². The Balaban J connectivity index is 2.14. The van der Waals surface area contributed by atoms with Gasteiger partial charge >= 0.3 is 0 Å². The maximum absolute atomic E-state index is 11.1. The summed E-state index contributed by atoms with van der Waals surface area (Å²) in [7, 11) is 0. The van der Waals surface area contributed by atoms with Crippen LogP contribution in [0.3, 0.4) is 0 Å². The molecule has 1 heterocycles. The van der Waals surface area contributed by atoms with Gasteiger partial charge in [0.05, 0.1) is 0 Å². The molecule has 2 fully saturated rings. The molecule has 2 amide bonds. The zero-order valence-corrected chi connectivity index (χ0v) is 6.46. The van der Waals surface area contributed by atoms with Gasteiger partial charge in [-0.05, 0) is 18.8 Å². The monoisotopic (exact) mass is 153 g/mol. The number of carbonyl (C=O) groups is 2. The van der Waals surface area contributed by atoms with Crippen LogP contribution in [0.15, 0.2) is 0 Å². The summed E-state index contributed by atoms with van der Waals surface area (Å²) in [5.41, 5.74) is 0. The van der Waals surface area contributed by atoms with Crippen molar-refractivity contribution in [1.82, 2.24) is 5.32 Å². The molecule has 1 N–H and O–H groups in total. The summed E-state index contributed by atoms with van der Waals surface area (Å²) < 4.78 is 0. The first-order valence-electron chi connectivity index (χ1n) is 4.03. The maximum Gasteiger partial charge on any atom is 0.229 e. The van der Waals surface area contributed by atoms with E-state index in [0.717, 1.165) is 12.8 Å². The Hall–Kier alpha value is -0.860. The second-order valence-electron chi connectivity index (χ2n) is 3.59. The molecule has 0 spiro atoms. The first-order chi connectivity index (χ1) is 5.18. The number of hydrogen-bond acceptors (Lipinski definition) is 2. The van der Waals surface area contributed by atoms with E-state index >= 15 is 0 Å². The summed E-state index contributed by atoms with van der Waals surface area (Å²) in [6, 6.07) is 0. The first kappa shape index (κ1) is 6.83. The highest BCUT2D eigenvalue weighted by Gasteiger charge is 2.47. The molecule has 0 aromatic rings. The molecule has 0 aromatic carbocycles. The van der Waals surface area contributed by atoms with Crippen molar-refractivity contribution in [2.75, 3.05) is 0 Å². The lowest BCUT2D eigenvalue weighted by molar-refractivity contribution is -0.132. The van der Waals surface area contributed by atoms with Crippen LogP contribution in [0.4, 0.5) is 0 Å². The average molecular weight is 153 g/mol. The van der Waals surface area contributed by atoms with Gasteiger partial charge in [0.15, 0.2) is 0 Å². The Morgan fingerprint density at radius 2 is 2.00 bits per heavy atom. The molecule has 3 unspecified atom stereocenters. The van der Waals surface area contributed by atoms with Crippen molar-refractivity contribution in [2.45, 2.75) is 19.8 Å². The number of amides is 2. The zero-order valence-electron chi connectivity index (χ0n) is 6.46. The Bertz CT molecular complexity index is 218. The summed E-state index contributed by atoms with van der Waals surface area (Å²) in [6.45, 7) is 1.88. The van der Waals surface area contributed by atoms with E-state index < -0.39 is 0 Å². The van der Waals surface area contributed by atoms with Crippen LogP contribution in [0.25, 0.3) is 0 Å². The predicted octanol–water partition coefficient (Wildman–Crippen LogP) is 0.305. The molecule has 1 saturated heterocycles. The minimum absolute atomic E-state index is 0.0245. The highest BCUT2D eigenvalue weighted by molar-refractivity contribution is 5.99. The highest BCUT2D eigenvalue weighted by atomic mass is 16.2. The Morgan fingerprint density at radius 1 is 1.27 bits per heavy atom. The highest BCUT2D eigenvalue weighted by Crippen LogP contribution is 2.44. The number of imide groups is 1. The van der Waals surface area contributed by atoms with Crippen molar-refractivity contribution in [1.29, 1.82) is 0 Å². The predicted molar refractivity (Wildman–Crippen MR) is 38.5 cm³/mol. The lowest BCUT2D eigenvalue weighted by atomic mass is 10.0. The minimum Gasteiger partial charge on any atom is -0.296 e. The molecule has 1 aliphatic carbocycles. The average Bonchev–Trinajstić information content (AvgIpc) is 2.66. The molecule has 3 atom stereocenters. The van der Waals surface area contributed by atoms with Crippen LogP contribution in [-0.4, -0.2) is 11.8 Å². The number of rotatable bonds is 0. The number of carbonyl (C=O) groups excluding carboxylic acids is 2. The fourth-order valence-electron chi connectivity index (χ4n) is 1.73. The minimum atomic E-state index is -0.0952. The molecule has 0 aromatic heterocycles. The standard InChI is InChI=1S/C8H11NO2/c1-4-2-5-3-6(5)8(11)9-7(4)10/h4-6H,2-3H2,1H3,(H,9,10,11). The van der Waals surface area contributed by atoms with Gasteiger partial charge in [0.1, 0.15) is 0 Å². The van der Waals surface area contributed by atoms with E-state index in [9.17, 15) is 9.59 Å².